The standard InChI is InChI=1S/C12H15FO3S/c1-12(2,3)11(14)8-17(15,16)10-6-4-9(13)5-7-10/h4-7H,8H2,1-3H3. The second-order valence-electron chi connectivity index (χ2n) is 4.89. The predicted molar refractivity (Wildman–Crippen MR) is 62.9 cm³/mol. The van der Waals surface area contributed by atoms with Gasteiger partial charge in [-0.25, -0.2) is 12.8 Å². The monoisotopic (exact) mass is 258 g/mol. The fourth-order valence-corrected chi connectivity index (χ4v) is 2.61. The molecular formula is C12H15FO3S. The van der Waals surface area contributed by atoms with Crippen LogP contribution in [0, 0.1) is 11.2 Å². The molecule has 17 heavy (non-hydrogen) atoms. The van der Waals surface area contributed by atoms with Crippen LogP contribution < -0.4 is 0 Å². The summed E-state index contributed by atoms with van der Waals surface area (Å²) < 4.78 is 36.4. The van der Waals surface area contributed by atoms with E-state index in [-0.39, 0.29) is 10.7 Å². The van der Waals surface area contributed by atoms with Crippen molar-refractivity contribution in [1.29, 1.82) is 0 Å². The van der Waals surface area contributed by atoms with Crippen LogP contribution in [-0.2, 0) is 14.6 Å². The molecule has 3 nitrogen and oxygen atoms in total. The fraction of sp³-hybridized carbons (Fsp3) is 0.417. The fourth-order valence-electron chi connectivity index (χ4n) is 1.11. The second-order valence-corrected chi connectivity index (χ2v) is 6.88. The van der Waals surface area contributed by atoms with Crippen LogP contribution in [0.1, 0.15) is 20.8 Å². The number of rotatable bonds is 3. The molecule has 94 valence electrons. The van der Waals surface area contributed by atoms with Crippen LogP contribution in [0.5, 0.6) is 0 Å². The predicted octanol–water partition coefficient (Wildman–Crippen LogP) is 2.21. The van der Waals surface area contributed by atoms with E-state index in [1.165, 1.54) is 12.1 Å². The highest BCUT2D eigenvalue weighted by Crippen LogP contribution is 2.19. The highest BCUT2D eigenvalue weighted by Gasteiger charge is 2.27. The number of ketones is 1. The largest absolute Gasteiger partial charge is 0.298 e. The van der Waals surface area contributed by atoms with Crippen molar-refractivity contribution in [3.8, 4) is 0 Å². The van der Waals surface area contributed by atoms with Gasteiger partial charge in [-0.2, -0.15) is 0 Å². The summed E-state index contributed by atoms with van der Waals surface area (Å²) in [7, 11) is -3.68. The summed E-state index contributed by atoms with van der Waals surface area (Å²) in [6.45, 7) is 4.99. The highest BCUT2D eigenvalue weighted by atomic mass is 32.2. The molecule has 0 aliphatic rings. The number of Topliss-reactive ketones (excluding diaryl/α,β-unsaturated/α-hetero) is 1. The molecule has 0 aromatic heterocycles. The van der Waals surface area contributed by atoms with Crippen molar-refractivity contribution in [3.63, 3.8) is 0 Å². The maximum atomic E-state index is 12.7. The molecule has 1 rings (SSSR count). The summed E-state index contributed by atoms with van der Waals surface area (Å²) in [5.74, 6) is -1.42. The molecule has 0 aliphatic heterocycles. The molecule has 0 spiro atoms. The minimum Gasteiger partial charge on any atom is -0.298 e. The molecule has 0 fully saturated rings. The summed E-state index contributed by atoms with van der Waals surface area (Å²) in [6.07, 6.45) is 0. The molecule has 0 aliphatic carbocycles. The van der Waals surface area contributed by atoms with Gasteiger partial charge in [0.25, 0.3) is 0 Å². The Balaban J connectivity index is 2.98. The normalized spacial score (nSPS) is 12.5. The van der Waals surface area contributed by atoms with Gasteiger partial charge >= 0.3 is 0 Å². The molecule has 0 amide bonds. The van der Waals surface area contributed by atoms with Gasteiger partial charge in [0.15, 0.2) is 15.6 Å². The van der Waals surface area contributed by atoms with Crippen LogP contribution in [0.4, 0.5) is 4.39 Å². The smallest absolute Gasteiger partial charge is 0.185 e. The van der Waals surface area contributed by atoms with Crippen LogP contribution >= 0.6 is 0 Å². The van der Waals surface area contributed by atoms with Gasteiger partial charge in [0.05, 0.1) is 4.90 Å². The van der Waals surface area contributed by atoms with E-state index in [0.29, 0.717) is 0 Å². The Kier molecular flexibility index (Phi) is 3.71. The third-order valence-corrected chi connectivity index (χ3v) is 3.96. The van der Waals surface area contributed by atoms with Gasteiger partial charge in [0, 0.05) is 5.41 Å². The van der Waals surface area contributed by atoms with E-state index in [2.05, 4.69) is 0 Å². The first-order chi connectivity index (χ1) is 7.63. The lowest BCUT2D eigenvalue weighted by atomic mass is 9.92. The van der Waals surface area contributed by atoms with Crippen LogP contribution in [0.3, 0.4) is 0 Å². The molecule has 0 bridgehead atoms. The molecule has 1 aromatic carbocycles. The Morgan fingerprint density at radius 2 is 1.65 bits per heavy atom. The van der Waals surface area contributed by atoms with Crippen molar-refractivity contribution < 1.29 is 17.6 Å². The molecule has 0 atom stereocenters. The summed E-state index contributed by atoms with van der Waals surface area (Å²) >= 11 is 0. The number of hydrogen-bond acceptors (Lipinski definition) is 3. The number of hydrogen-bond donors (Lipinski definition) is 0. The Labute approximate surface area is 101 Å². The average Bonchev–Trinajstić information content (AvgIpc) is 2.16. The number of carbonyl (C=O) groups excluding carboxylic acids is 1. The maximum absolute atomic E-state index is 12.7. The van der Waals surface area contributed by atoms with Gasteiger partial charge in [-0.1, -0.05) is 20.8 Å². The zero-order valence-electron chi connectivity index (χ0n) is 10.0. The van der Waals surface area contributed by atoms with Crippen molar-refractivity contribution in [2.24, 2.45) is 5.41 Å². The molecule has 0 unspecified atom stereocenters. The molecule has 1 aromatic rings. The number of carbonyl (C=O) groups is 1. The molecule has 0 saturated carbocycles. The van der Waals surface area contributed by atoms with Gasteiger partial charge in [-0.05, 0) is 24.3 Å². The van der Waals surface area contributed by atoms with Crippen LogP contribution in [-0.4, -0.2) is 20.0 Å². The van der Waals surface area contributed by atoms with Crippen LogP contribution in [0.15, 0.2) is 29.2 Å². The lowest BCUT2D eigenvalue weighted by molar-refractivity contribution is -0.123. The molecule has 5 heteroatoms. The van der Waals surface area contributed by atoms with Crippen molar-refractivity contribution in [3.05, 3.63) is 30.1 Å². The van der Waals surface area contributed by atoms with Crippen LogP contribution in [0.25, 0.3) is 0 Å². The molecule has 0 saturated heterocycles. The Morgan fingerprint density at radius 1 is 1.18 bits per heavy atom. The van der Waals surface area contributed by atoms with Gasteiger partial charge in [0.2, 0.25) is 0 Å². The van der Waals surface area contributed by atoms with Crippen molar-refractivity contribution in [1.82, 2.24) is 0 Å². The first kappa shape index (κ1) is 13.8. The highest BCUT2D eigenvalue weighted by molar-refractivity contribution is 7.92. The lowest BCUT2D eigenvalue weighted by Gasteiger charge is -2.16. The Bertz CT molecular complexity index is 510. The number of halogens is 1. The van der Waals surface area contributed by atoms with E-state index in [1.807, 2.05) is 0 Å². The van der Waals surface area contributed by atoms with E-state index in [0.717, 1.165) is 12.1 Å². The van der Waals surface area contributed by atoms with Crippen molar-refractivity contribution in [2.45, 2.75) is 25.7 Å². The Morgan fingerprint density at radius 3 is 2.06 bits per heavy atom. The third-order valence-electron chi connectivity index (χ3n) is 2.33. The first-order valence-electron chi connectivity index (χ1n) is 5.14. The van der Waals surface area contributed by atoms with E-state index in [1.54, 1.807) is 20.8 Å². The topological polar surface area (TPSA) is 51.2 Å². The molecule has 0 heterocycles. The summed E-state index contributed by atoms with van der Waals surface area (Å²) in [6, 6.07) is 4.46. The van der Waals surface area contributed by atoms with E-state index in [9.17, 15) is 17.6 Å². The maximum Gasteiger partial charge on any atom is 0.185 e. The second kappa shape index (κ2) is 4.56. The SMILES string of the molecule is CC(C)(C)C(=O)CS(=O)(=O)c1ccc(F)cc1. The Hall–Kier alpha value is -1.23. The molecule has 0 N–H and O–H groups in total. The first-order valence-corrected chi connectivity index (χ1v) is 6.80. The van der Waals surface area contributed by atoms with E-state index >= 15 is 0 Å². The quantitative estimate of drug-likeness (QED) is 0.781. The summed E-state index contributed by atoms with van der Waals surface area (Å²) in [5, 5.41) is 0. The molecule has 0 radical (unpaired) electrons. The lowest BCUT2D eigenvalue weighted by Crippen LogP contribution is -2.28. The zero-order chi connectivity index (χ0) is 13.3. The van der Waals surface area contributed by atoms with Gasteiger partial charge < -0.3 is 0 Å². The summed E-state index contributed by atoms with van der Waals surface area (Å²) in [5.41, 5.74) is -0.701. The minimum atomic E-state index is -3.68. The minimum absolute atomic E-state index is 0.0310. The third kappa shape index (κ3) is 3.63. The zero-order valence-corrected chi connectivity index (χ0v) is 10.8. The van der Waals surface area contributed by atoms with Crippen LogP contribution in [0.2, 0.25) is 0 Å². The van der Waals surface area contributed by atoms with Gasteiger partial charge in [-0.15, -0.1) is 0 Å². The number of benzene rings is 1. The van der Waals surface area contributed by atoms with Gasteiger partial charge in [-0.3, -0.25) is 4.79 Å². The van der Waals surface area contributed by atoms with E-state index < -0.39 is 26.8 Å². The van der Waals surface area contributed by atoms with E-state index in [4.69, 9.17) is 0 Å². The number of sulfone groups is 1. The average molecular weight is 258 g/mol. The molecular weight excluding hydrogens is 243 g/mol. The van der Waals surface area contributed by atoms with Crippen molar-refractivity contribution >= 4 is 15.6 Å². The summed E-state index contributed by atoms with van der Waals surface area (Å²) in [4.78, 5) is 11.6. The van der Waals surface area contributed by atoms with Crippen molar-refractivity contribution in [2.75, 3.05) is 5.75 Å². The van der Waals surface area contributed by atoms with Gasteiger partial charge in [0.1, 0.15) is 11.6 Å².